The summed E-state index contributed by atoms with van der Waals surface area (Å²) in [5.74, 6) is 0.276. The second-order valence-corrected chi connectivity index (χ2v) is 6.34. The van der Waals surface area contributed by atoms with Crippen LogP contribution in [0.25, 0.3) is 20.8 Å². The van der Waals surface area contributed by atoms with Crippen molar-refractivity contribution in [1.82, 2.24) is 4.98 Å². The third kappa shape index (κ3) is 2.08. The normalized spacial score (nSPS) is 11.0. The van der Waals surface area contributed by atoms with E-state index in [-0.39, 0.29) is 5.75 Å². The van der Waals surface area contributed by atoms with Crippen LogP contribution >= 0.6 is 45.5 Å². The molecule has 0 amide bonds. The number of thiazole rings is 1. The van der Waals surface area contributed by atoms with Crippen LogP contribution in [0.5, 0.6) is 5.75 Å². The summed E-state index contributed by atoms with van der Waals surface area (Å²) in [4.78, 5) is 4.54. The number of nitrogens with zero attached hydrogens (tertiary/aromatic N) is 1. The first-order chi connectivity index (χ1) is 8.65. The molecule has 0 radical (unpaired) electrons. The van der Waals surface area contributed by atoms with Crippen molar-refractivity contribution in [2.24, 2.45) is 0 Å². The number of hydrogen-bond acceptors (Lipinski definition) is 3. The fraction of sp³-hybridized carbons (Fsp3) is 0. The van der Waals surface area contributed by atoms with Gasteiger partial charge in [0.1, 0.15) is 10.8 Å². The second kappa shape index (κ2) is 4.68. The van der Waals surface area contributed by atoms with Crippen LogP contribution < -0.4 is 0 Å². The first kappa shape index (κ1) is 12.2. The molecule has 18 heavy (non-hydrogen) atoms. The van der Waals surface area contributed by atoms with E-state index in [1.807, 2.05) is 30.3 Å². The largest absolute Gasteiger partial charge is 0.507 e. The fourth-order valence-corrected chi connectivity index (χ4v) is 3.27. The number of hydrogen-bond donors (Lipinski definition) is 1. The molecule has 0 aliphatic carbocycles. The molecular weight excluding hydrogens is 381 g/mol. The van der Waals surface area contributed by atoms with Crippen molar-refractivity contribution < 1.29 is 5.11 Å². The lowest BCUT2D eigenvalue weighted by molar-refractivity contribution is 0.472. The van der Waals surface area contributed by atoms with Gasteiger partial charge in [-0.25, -0.2) is 4.98 Å². The van der Waals surface area contributed by atoms with Crippen LogP contribution in [0.15, 0.2) is 36.4 Å². The summed E-state index contributed by atoms with van der Waals surface area (Å²) >= 11 is 9.76. The van der Waals surface area contributed by atoms with Crippen molar-refractivity contribution >= 4 is 55.7 Å². The van der Waals surface area contributed by atoms with Gasteiger partial charge in [-0.15, -0.1) is 11.3 Å². The zero-order chi connectivity index (χ0) is 12.7. The van der Waals surface area contributed by atoms with E-state index in [0.29, 0.717) is 5.02 Å². The minimum absolute atomic E-state index is 0.276. The molecule has 2 aromatic carbocycles. The minimum atomic E-state index is 0.276. The Hall–Kier alpha value is -0.850. The molecule has 0 saturated heterocycles. The molecule has 0 atom stereocenters. The maximum absolute atomic E-state index is 9.73. The molecule has 0 aliphatic rings. The topological polar surface area (TPSA) is 33.1 Å². The van der Waals surface area contributed by atoms with Crippen LogP contribution in [0.3, 0.4) is 0 Å². The summed E-state index contributed by atoms with van der Waals surface area (Å²) in [5.41, 5.74) is 1.80. The third-order valence-electron chi connectivity index (χ3n) is 2.56. The number of benzene rings is 2. The van der Waals surface area contributed by atoms with Crippen LogP contribution in [0.1, 0.15) is 0 Å². The van der Waals surface area contributed by atoms with Gasteiger partial charge < -0.3 is 5.11 Å². The number of aromatic hydroxyl groups is 1. The zero-order valence-corrected chi connectivity index (χ0v) is 12.8. The Labute approximate surface area is 126 Å². The van der Waals surface area contributed by atoms with Gasteiger partial charge in [-0.05, 0) is 46.9 Å². The van der Waals surface area contributed by atoms with E-state index in [9.17, 15) is 5.11 Å². The van der Waals surface area contributed by atoms with Gasteiger partial charge in [0.25, 0.3) is 0 Å². The summed E-state index contributed by atoms with van der Waals surface area (Å²) in [5, 5.41) is 11.3. The minimum Gasteiger partial charge on any atom is -0.507 e. The molecule has 2 nitrogen and oxygen atoms in total. The molecule has 1 N–H and O–H groups in total. The standard InChI is InChI=1S/C13H7ClINOS/c14-8-2-1-3-10-12(8)18-13(16-10)7-4-5-9(15)11(17)6-7/h1-6,17H. The maximum Gasteiger partial charge on any atom is 0.129 e. The van der Waals surface area contributed by atoms with E-state index in [1.165, 1.54) is 11.3 Å². The molecule has 0 fully saturated rings. The van der Waals surface area contributed by atoms with E-state index < -0.39 is 0 Å². The Bertz CT molecular complexity index is 741. The quantitative estimate of drug-likeness (QED) is 0.601. The van der Waals surface area contributed by atoms with Crippen LogP contribution in [-0.2, 0) is 0 Å². The van der Waals surface area contributed by atoms with E-state index in [2.05, 4.69) is 27.6 Å². The lowest BCUT2D eigenvalue weighted by Gasteiger charge is -1.99. The number of halogens is 2. The van der Waals surface area contributed by atoms with Crippen molar-refractivity contribution in [2.75, 3.05) is 0 Å². The predicted molar refractivity (Wildman–Crippen MR) is 84.4 cm³/mol. The lowest BCUT2D eigenvalue weighted by Crippen LogP contribution is -1.78. The van der Waals surface area contributed by atoms with Crippen molar-refractivity contribution in [1.29, 1.82) is 0 Å². The Balaban J connectivity index is 2.19. The van der Waals surface area contributed by atoms with Gasteiger partial charge in [0.2, 0.25) is 0 Å². The molecule has 0 bridgehead atoms. The summed E-state index contributed by atoms with van der Waals surface area (Å²) in [6.07, 6.45) is 0. The lowest BCUT2D eigenvalue weighted by atomic mass is 10.2. The Morgan fingerprint density at radius 1 is 1.22 bits per heavy atom. The SMILES string of the molecule is Oc1cc(-c2nc3cccc(Cl)c3s2)ccc1I. The van der Waals surface area contributed by atoms with E-state index >= 15 is 0 Å². The van der Waals surface area contributed by atoms with Crippen molar-refractivity contribution in [2.45, 2.75) is 0 Å². The highest BCUT2D eigenvalue weighted by atomic mass is 127. The molecule has 0 unspecified atom stereocenters. The van der Waals surface area contributed by atoms with E-state index in [0.717, 1.165) is 24.4 Å². The molecular formula is C13H7ClINOS. The predicted octanol–water partition coefficient (Wildman–Crippen LogP) is 4.93. The average molecular weight is 388 g/mol. The van der Waals surface area contributed by atoms with Gasteiger partial charge in [-0.2, -0.15) is 0 Å². The van der Waals surface area contributed by atoms with Crippen LogP contribution in [-0.4, -0.2) is 10.1 Å². The molecule has 1 heterocycles. The molecule has 0 saturated carbocycles. The molecule has 0 spiro atoms. The summed E-state index contributed by atoms with van der Waals surface area (Å²) in [6.45, 7) is 0. The Morgan fingerprint density at radius 2 is 2.06 bits per heavy atom. The summed E-state index contributed by atoms with van der Waals surface area (Å²) in [7, 11) is 0. The molecule has 3 rings (SSSR count). The second-order valence-electron chi connectivity index (χ2n) is 3.77. The molecule has 90 valence electrons. The van der Waals surface area contributed by atoms with Crippen LogP contribution in [0.2, 0.25) is 5.02 Å². The van der Waals surface area contributed by atoms with Crippen LogP contribution in [0, 0.1) is 3.57 Å². The third-order valence-corrected chi connectivity index (χ3v) is 5.05. The average Bonchev–Trinajstić information content (AvgIpc) is 2.78. The molecule has 0 aliphatic heterocycles. The summed E-state index contributed by atoms with van der Waals surface area (Å²) in [6, 6.07) is 11.2. The van der Waals surface area contributed by atoms with Crippen molar-refractivity contribution in [3.8, 4) is 16.3 Å². The Kier molecular flexibility index (Phi) is 3.17. The zero-order valence-electron chi connectivity index (χ0n) is 9.02. The highest BCUT2D eigenvalue weighted by molar-refractivity contribution is 14.1. The Morgan fingerprint density at radius 3 is 2.78 bits per heavy atom. The highest BCUT2D eigenvalue weighted by Crippen LogP contribution is 2.36. The maximum atomic E-state index is 9.73. The number of fused-ring (bicyclic) bond motifs is 1. The van der Waals surface area contributed by atoms with E-state index in [4.69, 9.17) is 11.6 Å². The van der Waals surface area contributed by atoms with Crippen molar-refractivity contribution in [3.63, 3.8) is 0 Å². The fourth-order valence-electron chi connectivity index (χ4n) is 1.68. The smallest absolute Gasteiger partial charge is 0.129 e. The monoisotopic (exact) mass is 387 g/mol. The number of phenolic OH excluding ortho intramolecular Hbond substituents is 1. The molecule has 3 aromatic rings. The number of rotatable bonds is 1. The summed E-state index contributed by atoms with van der Waals surface area (Å²) < 4.78 is 1.81. The first-order valence-corrected chi connectivity index (χ1v) is 7.46. The van der Waals surface area contributed by atoms with Gasteiger partial charge in [0.05, 0.1) is 18.8 Å². The van der Waals surface area contributed by atoms with E-state index in [1.54, 1.807) is 6.07 Å². The van der Waals surface area contributed by atoms with Gasteiger partial charge in [0.15, 0.2) is 0 Å². The van der Waals surface area contributed by atoms with Gasteiger partial charge in [-0.1, -0.05) is 23.7 Å². The number of aromatic nitrogens is 1. The van der Waals surface area contributed by atoms with Gasteiger partial charge >= 0.3 is 0 Å². The van der Waals surface area contributed by atoms with Crippen molar-refractivity contribution in [3.05, 3.63) is 45.0 Å². The van der Waals surface area contributed by atoms with Gasteiger partial charge in [0, 0.05) is 5.56 Å². The first-order valence-electron chi connectivity index (χ1n) is 5.19. The van der Waals surface area contributed by atoms with Crippen LogP contribution in [0.4, 0.5) is 0 Å². The van der Waals surface area contributed by atoms with Gasteiger partial charge in [-0.3, -0.25) is 0 Å². The highest BCUT2D eigenvalue weighted by Gasteiger charge is 2.10. The number of phenols is 1. The molecule has 5 heteroatoms. The molecule has 1 aromatic heterocycles.